The quantitative estimate of drug-likeness (QED) is 0.610. The number of benzene rings is 1. The van der Waals surface area contributed by atoms with Crippen molar-refractivity contribution in [2.75, 3.05) is 31.1 Å². The molecule has 0 radical (unpaired) electrons. The number of nitro benzene ring substituents is 1. The monoisotopic (exact) mass is 340 g/mol. The Kier molecular flexibility index (Phi) is 3.74. The first kappa shape index (κ1) is 16.9. The Morgan fingerprint density at radius 1 is 1.16 bits per heavy atom. The third kappa shape index (κ3) is 2.51. The maximum Gasteiger partial charge on any atom is 0.293 e. The highest BCUT2D eigenvalue weighted by Crippen LogP contribution is 2.42. The number of carbonyl (C=O) groups is 1. The Morgan fingerprint density at radius 2 is 1.68 bits per heavy atom. The predicted octanol–water partition coefficient (Wildman–Crippen LogP) is 0.317. The predicted molar refractivity (Wildman–Crippen MR) is 87.6 cm³/mol. The number of rotatable bonds is 2. The molecule has 8 nitrogen and oxygen atoms in total. The second-order valence-corrected chi connectivity index (χ2v) is 7.37. The molecule has 0 aromatic heterocycles. The average Bonchev–Trinajstić information content (AvgIpc) is 2.56. The number of piperidine rings is 2. The number of fused-ring (bicyclic) bond motifs is 2. The van der Waals surface area contributed by atoms with E-state index in [9.17, 15) is 20.2 Å². The summed E-state index contributed by atoms with van der Waals surface area (Å²) < 4.78 is 0. The second-order valence-electron chi connectivity index (χ2n) is 7.37. The molecule has 2 N–H and O–H groups in total. The highest BCUT2D eigenvalue weighted by Gasteiger charge is 2.56. The third-order valence-electron chi connectivity index (χ3n) is 5.26. The summed E-state index contributed by atoms with van der Waals surface area (Å²) >= 11 is 0. The molecule has 128 valence electrons. The van der Waals surface area contributed by atoms with Gasteiger partial charge in [0, 0.05) is 19.2 Å². The molecule has 0 saturated carbocycles. The SMILES string of the molecule is C[C@]12C[NH2+]C[C@](C)(CN(c3cc(C#N)c(C#N)cc3[N+](=O)[O-])C1)C2=O. The fourth-order valence-corrected chi connectivity index (χ4v) is 4.13. The van der Waals surface area contributed by atoms with Gasteiger partial charge in [-0.25, -0.2) is 0 Å². The van der Waals surface area contributed by atoms with E-state index in [1.807, 2.05) is 30.9 Å². The number of hydrogen-bond donors (Lipinski definition) is 1. The first-order valence-electron chi connectivity index (χ1n) is 7.98. The number of carbonyl (C=O) groups excluding carboxylic acids is 1. The fraction of sp³-hybridized carbons (Fsp3) is 0.471. The summed E-state index contributed by atoms with van der Waals surface area (Å²) in [5.41, 5.74) is -1.02. The van der Waals surface area contributed by atoms with Crippen molar-refractivity contribution in [2.45, 2.75) is 13.8 Å². The standard InChI is InChI=1S/C17H17N5O3/c1-16-7-20-8-17(2,15(16)23)10-21(9-16)13-3-11(5-18)12(6-19)4-14(13)22(24)25/h3-4,20H,7-10H2,1-2H3/p+1/t16-,17+. The van der Waals surface area contributed by atoms with E-state index in [0.29, 0.717) is 31.9 Å². The lowest BCUT2D eigenvalue weighted by Crippen LogP contribution is -2.96. The van der Waals surface area contributed by atoms with E-state index in [4.69, 9.17) is 5.26 Å². The molecular formula is C17H18N5O3+. The van der Waals surface area contributed by atoms with Gasteiger partial charge in [-0.15, -0.1) is 0 Å². The molecule has 0 amide bonds. The van der Waals surface area contributed by atoms with Gasteiger partial charge in [0.2, 0.25) is 0 Å². The molecule has 3 rings (SSSR count). The number of quaternary nitrogens is 1. The summed E-state index contributed by atoms with van der Waals surface area (Å²) in [6.07, 6.45) is 0. The molecule has 8 heteroatoms. The largest absolute Gasteiger partial charge is 0.363 e. The van der Waals surface area contributed by atoms with Gasteiger partial charge >= 0.3 is 0 Å². The number of nitriles is 2. The number of anilines is 1. The molecule has 2 aliphatic heterocycles. The van der Waals surface area contributed by atoms with E-state index in [1.165, 1.54) is 6.07 Å². The van der Waals surface area contributed by atoms with Crippen LogP contribution < -0.4 is 10.2 Å². The summed E-state index contributed by atoms with van der Waals surface area (Å²) in [7, 11) is 0. The van der Waals surface area contributed by atoms with Gasteiger partial charge in [0.25, 0.3) is 5.69 Å². The summed E-state index contributed by atoms with van der Waals surface area (Å²) in [5, 5.41) is 32.0. The van der Waals surface area contributed by atoms with Crippen LogP contribution in [0.5, 0.6) is 0 Å². The van der Waals surface area contributed by atoms with Crippen molar-refractivity contribution >= 4 is 17.2 Å². The van der Waals surface area contributed by atoms with Crippen molar-refractivity contribution in [3.05, 3.63) is 33.4 Å². The van der Waals surface area contributed by atoms with Crippen LogP contribution in [0.25, 0.3) is 0 Å². The van der Waals surface area contributed by atoms with E-state index in [-0.39, 0.29) is 22.6 Å². The van der Waals surface area contributed by atoms with Gasteiger partial charge in [0.05, 0.1) is 40.0 Å². The molecule has 0 unspecified atom stereocenters. The third-order valence-corrected chi connectivity index (χ3v) is 5.26. The lowest BCUT2D eigenvalue weighted by Gasteiger charge is -2.50. The summed E-state index contributed by atoms with van der Waals surface area (Å²) in [6, 6.07) is 6.31. The minimum Gasteiger partial charge on any atom is -0.363 e. The normalized spacial score (nSPS) is 28.2. The van der Waals surface area contributed by atoms with Crippen LogP contribution in [0.2, 0.25) is 0 Å². The summed E-state index contributed by atoms with van der Waals surface area (Å²) in [6.45, 7) is 5.75. The topological polar surface area (TPSA) is 128 Å². The van der Waals surface area contributed by atoms with Gasteiger partial charge in [0.1, 0.15) is 17.8 Å². The van der Waals surface area contributed by atoms with Gasteiger partial charge in [-0.1, -0.05) is 0 Å². The molecule has 0 aliphatic carbocycles. The Bertz CT molecular complexity index is 846. The molecule has 2 fully saturated rings. The van der Waals surface area contributed by atoms with Crippen LogP contribution in [0.1, 0.15) is 25.0 Å². The molecule has 2 atom stereocenters. The second kappa shape index (κ2) is 5.54. The van der Waals surface area contributed by atoms with Gasteiger partial charge in [-0.2, -0.15) is 10.5 Å². The first-order chi connectivity index (χ1) is 11.7. The number of nitrogens with two attached hydrogens (primary N) is 1. The van der Waals surface area contributed by atoms with Crippen molar-refractivity contribution in [3.63, 3.8) is 0 Å². The smallest absolute Gasteiger partial charge is 0.293 e. The van der Waals surface area contributed by atoms with Crippen molar-refractivity contribution in [1.82, 2.24) is 0 Å². The van der Waals surface area contributed by atoms with E-state index in [1.54, 1.807) is 0 Å². The Balaban J connectivity index is 2.14. The van der Waals surface area contributed by atoms with Crippen LogP contribution in [-0.2, 0) is 4.79 Å². The number of hydrogen-bond acceptors (Lipinski definition) is 6. The lowest BCUT2D eigenvalue weighted by atomic mass is 9.65. The van der Waals surface area contributed by atoms with E-state index >= 15 is 0 Å². The first-order valence-corrected chi connectivity index (χ1v) is 7.98. The van der Waals surface area contributed by atoms with E-state index in [2.05, 4.69) is 5.32 Å². The molecule has 2 bridgehead atoms. The summed E-state index contributed by atoms with van der Waals surface area (Å²) in [5.74, 6) is 0.190. The van der Waals surface area contributed by atoms with Crippen LogP contribution in [-0.4, -0.2) is 36.9 Å². The highest BCUT2D eigenvalue weighted by molar-refractivity contribution is 5.93. The van der Waals surface area contributed by atoms with Crippen molar-refractivity contribution in [3.8, 4) is 12.1 Å². The molecule has 0 spiro atoms. The zero-order valence-electron chi connectivity index (χ0n) is 14.1. The van der Waals surface area contributed by atoms with Crippen molar-refractivity contribution in [1.29, 1.82) is 10.5 Å². The number of Topliss-reactive ketones (excluding diaryl/α,β-unsaturated/α-hetero) is 1. The molecule has 1 aromatic rings. The molecular weight excluding hydrogens is 322 g/mol. The van der Waals surface area contributed by atoms with Crippen LogP contribution in [0.3, 0.4) is 0 Å². The zero-order valence-corrected chi connectivity index (χ0v) is 14.1. The van der Waals surface area contributed by atoms with Crippen LogP contribution in [0, 0.1) is 43.6 Å². The summed E-state index contributed by atoms with van der Waals surface area (Å²) in [4.78, 5) is 25.6. The maximum atomic E-state index is 12.8. The van der Waals surface area contributed by atoms with Gasteiger partial charge in [-0.3, -0.25) is 14.9 Å². The molecule has 2 aliphatic rings. The lowest BCUT2D eigenvalue weighted by molar-refractivity contribution is -0.679. The van der Waals surface area contributed by atoms with Gasteiger partial charge in [0.15, 0.2) is 5.78 Å². The highest BCUT2D eigenvalue weighted by atomic mass is 16.6. The molecule has 2 heterocycles. The molecule has 1 aromatic carbocycles. The van der Waals surface area contributed by atoms with Gasteiger partial charge < -0.3 is 10.2 Å². The fourth-order valence-electron chi connectivity index (χ4n) is 4.13. The average molecular weight is 340 g/mol. The van der Waals surface area contributed by atoms with Gasteiger partial charge in [-0.05, 0) is 19.9 Å². The minimum absolute atomic E-state index is 0.0167. The van der Waals surface area contributed by atoms with Crippen LogP contribution in [0.4, 0.5) is 11.4 Å². The van der Waals surface area contributed by atoms with Crippen LogP contribution in [0.15, 0.2) is 12.1 Å². The maximum absolute atomic E-state index is 12.8. The molecule has 2 saturated heterocycles. The minimum atomic E-state index is -0.597. The molecule has 25 heavy (non-hydrogen) atoms. The Morgan fingerprint density at radius 3 is 2.16 bits per heavy atom. The Hall–Kier alpha value is -2.97. The van der Waals surface area contributed by atoms with E-state index < -0.39 is 15.8 Å². The Labute approximate surface area is 144 Å². The number of ketones is 1. The van der Waals surface area contributed by atoms with Crippen LogP contribution >= 0.6 is 0 Å². The number of nitrogens with zero attached hydrogens (tertiary/aromatic N) is 4. The zero-order chi connectivity index (χ0) is 18.4. The van der Waals surface area contributed by atoms with E-state index in [0.717, 1.165) is 6.07 Å². The number of nitro groups is 1. The van der Waals surface area contributed by atoms with Crippen molar-refractivity contribution in [2.24, 2.45) is 10.8 Å². The van der Waals surface area contributed by atoms with Crippen molar-refractivity contribution < 1.29 is 15.0 Å².